The van der Waals surface area contributed by atoms with Crippen molar-refractivity contribution in [3.63, 3.8) is 0 Å². The molecule has 2 amide bonds. The number of hydrogen-bond acceptors (Lipinski definition) is 4. The summed E-state index contributed by atoms with van der Waals surface area (Å²) in [6.07, 6.45) is -0.223. The Morgan fingerprint density at radius 3 is 2.29 bits per heavy atom. The largest absolute Gasteiger partial charge is 0.354 e. The smallest absolute Gasteiger partial charge is 0.314 e. The van der Waals surface area contributed by atoms with Crippen molar-refractivity contribution in [2.45, 2.75) is 19.6 Å². The Balaban J connectivity index is 2.25. The SMILES string of the molecule is COC(CNC(=O)NCCC(=O)c1ccc(C)cc1)OC. The second-order valence-electron chi connectivity index (χ2n) is 4.58. The molecule has 6 nitrogen and oxygen atoms in total. The highest BCUT2D eigenvalue weighted by atomic mass is 16.7. The van der Waals surface area contributed by atoms with Gasteiger partial charge in [0.1, 0.15) is 0 Å². The van der Waals surface area contributed by atoms with Crippen LogP contribution >= 0.6 is 0 Å². The Morgan fingerprint density at radius 1 is 1.10 bits per heavy atom. The van der Waals surface area contributed by atoms with Gasteiger partial charge in [0.15, 0.2) is 12.1 Å². The van der Waals surface area contributed by atoms with Crippen molar-refractivity contribution in [3.8, 4) is 0 Å². The molecule has 0 aliphatic heterocycles. The van der Waals surface area contributed by atoms with Crippen LogP contribution in [-0.2, 0) is 9.47 Å². The number of carbonyl (C=O) groups is 2. The molecular formula is C15H22N2O4. The molecule has 0 bridgehead atoms. The molecule has 2 N–H and O–H groups in total. The van der Waals surface area contributed by atoms with E-state index in [9.17, 15) is 9.59 Å². The molecule has 0 spiro atoms. The fraction of sp³-hybridized carbons (Fsp3) is 0.467. The molecule has 0 aliphatic rings. The summed E-state index contributed by atoms with van der Waals surface area (Å²) in [5, 5.41) is 5.21. The summed E-state index contributed by atoms with van der Waals surface area (Å²) in [6.45, 7) is 2.49. The molecule has 0 saturated heterocycles. The van der Waals surface area contributed by atoms with Gasteiger partial charge in [-0.3, -0.25) is 4.79 Å². The number of ether oxygens (including phenoxy) is 2. The zero-order valence-electron chi connectivity index (χ0n) is 12.6. The molecule has 1 aromatic carbocycles. The van der Waals surface area contributed by atoms with Crippen molar-refractivity contribution in [1.29, 1.82) is 0 Å². The molecule has 0 atom stereocenters. The Bertz CT molecular complexity index is 455. The zero-order chi connectivity index (χ0) is 15.7. The number of urea groups is 1. The van der Waals surface area contributed by atoms with Gasteiger partial charge in [0, 0.05) is 32.7 Å². The Labute approximate surface area is 124 Å². The lowest BCUT2D eigenvalue weighted by Gasteiger charge is -2.14. The van der Waals surface area contributed by atoms with Gasteiger partial charge < -0.3 is 20.1 Å². The molecule has 21 heavy (non-hydrogen) atoms. The second kappa shape index (κ2) is 9.10. The van der Waals surface area contributed by atoms with Crippen molar-refractivity contribution >= 4 is 11.8 Å². The molecule has 0 aliphatic carbocycles. The van der Waals surface area contributed by atoms with Crippen LogP contribution in [0.3, 0.4) is 0 Å². The summed E-state index contributed by atoms with van der Waals surface area (Å²) in [4.78, 5) is 23.4. The molecule has 0 unspecified atom stereocenters. The van der Waals surface area contributed by atoms with Crippen molar-refractivity contribution in [3.05, 3.63) is 35.4 Å². The van der Waals surface area contributed by atoms with Crippen LogP contribution in [0.2, 0.25) is 0 Å². The van der Waals surface area contributed by atoms with Crippen LogP contribution in [0.15, 0.2) is 24.3 Å². The van der Waals surface area contributed by atoms with Crippen LogP contribution in [0.5, 0.6) is 0 Å². The Hall–Kier alpha value is -1.92. The van der Waals surface area contributed by atoms with Gasteiger partial charge in [0.25, 0.3) is 0 Å². The average molecular weight is 294 g/mol. The second-order valence-corrected chi connectivity index (χ2v) is 4.58. The third-order valence-corrected chi connectivity index (χ3v) is 2.97. The van der Waals surface area contributed by atoms with Gasteiger partial charge >= 0.3 is 6.03 Å². The van der Waals surface area contributed by atoms with Crippen LogP contribution in [0.1, 0.15) is 22.3 Å². The van der Waals surface area contributed by atoms with Gasteiger partial charge in [0.2, 0.25) is 0 Å². The molecule has 0 heterocycles. The third-order valence-electron chi connectivity index (χ3n) is 2.97. The van der Waals surface area contributed by atoms with Crippen LogP contribution in [0, 0.1) is 6.92 Å². The van der Waals surface area contributed by atoms with Crippen LogP contribution in [0.25, 0.3) is 0 Å². The summed E-state index contributed by atoms with van der Waals surface area (Å²) in [5.74, 6) is 0.00181. The van der Waals surface area contributed by atoms with E-state index >= 15 is 0 Å². The van der Waals surface area contributed by atoms with Crippen molar-refractivity contribution < 1.29 is 19.1 Å². The van der Waals surface area contributed by atoms with E-state index < -0.39 is 6.29 Å². The molecule has 6 heteroatoms. The lowest BCUT2D eigenvalue weighted by molar-refractivity contribution is -0.0971. The number of benzene rings is 1. The summed E-state index contributed by atoms with van der Waals surface area (Å²) in [5.41, 5.74) is 1.76. The van der Waals surface area contributed by atoms with Gasteiger partial charge in [-0.1, -0.05) is 29.8 Å². The molecule has 0 fully saturated rings. The Morgan fingerprint density at radius 2 is 1.71 bits per heavy atom. The number of rotatable bonds is 8. The maximum Gasteiger partial charge on any atom is 0.314 e. The van der Waals surface area contributed by atoms with Crippen LogP contribution < -0.4 is 10.6 Å². The minimum Gasteiger partial charge on any atom is -0.354 e. The lowest BCUT2D eigenvalue weighted by atomic mass is 10.1. The number of carbonyl (C=O) groups excluding carboxylic acids is 2. The lowest BCUT2D eigenvalue weighted by Crippen LogP contribution is -2.41. The number of methoxy groups -OCH3 is 2. The highest BCUT2D eigenvalue weighted by molar-refractivity contribution is 5.96. The van der Waals surface area contributed by atoms with Crippen LogP contribution in [-0.4, -0.2) is 45.4 Å². The quantitative estimate of drug-likeness (QED) is 0.562. The van der Waals surface area contributed by atoms with E-state index in [0.29, 0.717) is 5.56 Å². The van der Waals surface area contributed by atoms with E-state index in [0.717, 1.165) is 5.56 Å². The van der Waals surface area contributed by atoms with E-state index in [-0.39, 0.29) is 31.3 Å². The normalized spacial score (nSPS) is 10.5. The number of nitrogens with one attached hydrogen (secondary N) is 2. The molecule has 116 valence electrons. The van der Waals surface area contributed by atoms with Gasteiger partial charge in [-0.05, 0) is 6.92 Å². The predicted molar refractivity (Wildman–Crippen MR) is 79.3 cm³/mol. The molecule has 0 saturated carbocycles. The Kier molecular flexibility index (Phi) is 7.42. The minimum absolute atomic E-state index is 0.00181. The van der Waals surface area contributed by atoms with Crippen molar-refractivity contribution in [2.75, 3.05) is 27.3 Å². The summed E-state index contributed by atoms with van der Waals surface area (Å²) < 4.78 is 9.88. The van der Waals surface area contributed by atoms with Crippen molar-refractivity contribution in [1.82, 2.24) is 10.6 Å². The third kappa shape index (κ3) is 6.37. The summed E-state index contributed by atoms with van der Waals surface area (Å²) >= 11 is 0. The number of Topliss-reactive ketones (excluding diaryl/α,β-unsaturated/α-hetero) is 1. The number of hydrogen-bond donors (Lipinski definition) is 2. The van der Waals surface area contributed by atoms with Crippen molar-refractivity contribution in [2.24, 2.45) is 0 Å². The first-order chi connectivity index (χ1) is 10.1. The van der Waals surface area contributed by atoms with Gasteiger partial charge in [-0.25, -0.2) is 4.79 Å². The summed E-state index contributed by atoms with van der Waals surface area (Å²) in [7, 11) is 2.99. The van der Waals surface area contributed by atoms with Gasteiger partial charge in [-0.2, -0.15) is 0 Å². The number of amides is 2. The maximum atomic E-state index is 11.9. The number of aryl methyl sites for hydroxylation is 1. The monoisotopic (exact) mass is 294 g/mol. The summed E-state index contributed by atoms with van der Waals surface area (Å²) in [6, 6.07) is 7.01. The fourth-order valence-corrected chi connectivity index (χ4v) is 1.67. The fourth-order valence-electron chi connectivity index (χ4n) is 1.67. The first-order valence-corrected chi connectivity index (χ1v) is 6.74. The molecular weight excluding hydrogens is 272 g/mol. The standard InChI is InChI=1S/C15H22N2O4/c1-11-4-6-12(7-5-11)13(18)8-9-16-15(19)17-10-14(20-2)21-3/h4-7,14H,8-10H2,1-3H3,(H2,16,17,19). The van der Waals surface area contributed by atoms with E-state index in [1.807, 2.05) is 19.1 Å². The molecule has 0 aromatic heterocycles. The number of ketones is 1. The minimum atomic E-state index is -0.482. The van der Waals surface area contributed by atoms with Gasteiger partial charge in [0.05, 0.1) is 6.54 Å². The molecule has 1 rings (SSSR count). The molecule has 1 aromatic rings. The highest BCUT2D eigenvalue weighted by Gasteiger charge is 2.09. The first-order valence-electron chi connectivity index (χ1n) is 6.74. The maximum absolute atomic E-state index is 11.9. The average Bonchev–Trinajstić information content (AvgIpc) is 2.49. The zero-order valence-corrected chi connectivity index (χ0v) is 12.6. The van der Waals surface area contributed by atoms with E-state index in [1.54, 1.807) is 12.1 Å². The predicted octanol–water partition coefficient (Wildman–Crippen LogP) is 1.49. The van der Waals surface area contributed by atoms with E-state index in [2.05, 4.69) is 10.6 Å². The molecule has 0 radical (unpaired) electrons. The topological polar surface area (TPSA) is 76.7 Å². The highest BCUT2D eigenvalue weighted by Crippen LogP contribution is 2.05. The van der Waals surface area contributed by atoms with E-state index in [4.69, 9.17) is 9.47 Å². The van der Waals surface area contributed by atoms with E-state index in [1.165, 1.54) is 14.2 Å². The van der Waals surface area contributed by atoms with Crippen LogP contribution in [0.4, 0.5) is 4.79 Å². The van der Waals surface area contributed by atoms with Gasteiger partial charge in [-0.15, -0.1) is 0 Å². The first kappa shape index (κ1) is 17.1.